The summed E-state index contributed by atoms with van der Waals surface area (Å²) in [6.45, 7) is 0.0486. The topological polar surface area (TPSA) is 38.7 Å². The van der Waals surface area contributed by atoms with E-state index in [1.165, 1.54) is 13.8 Å². The molecule has 1 rings (SSSR count). The van der Waals surface area contributed by atoms with Gasteiger partial charge in [0, 0.05) is 6.61 Å². The smallest absolute Gasteiger partial charge is 0.335 e. The van der Waals surface area contributed by atoms with Crippen molar-refractivity contribution in [1.29, 1.82) is 0 Å². The molecule has 1 saturated heterocycles. The molecule has 1 fully saturated rings. The molecular formula is C12H20F4O3. The number of ether oxygens (including phenoxy) is 2. The number of hydrogen-bond acceptors (Lipinski definition) is 3. The summed E-state index contributed by atoms with van der Waals surface area (Å²) in [5, 5.41) is 9.80. The second-order valence-corrected chi connectivity index (χ2v) is 5.41. The van der Waals surface area contributed by atoms with Crippen LogP contribution in [-0.2, 0) is 9.47 Å². The van der Waals surface area contributed by atoms with Crippen molar-refractivity contribution in [1.82, 2.24) is 0 Å². The number of alkyl halides is 4. The molecule has 114 valence electrons. The quantitative estimate of drug-likeness (QED) is 0.754. The summed E-state index contributed by atoms with van der Waals surface area (Å²) < 4.78 is 62.8. The Morgan fingerprint density at radius 3 is 2.21 bits per heavy atom. The van der Waals surface area contributed by atoms with Gasteiger partial charge in [0.25, 0.3) is 0 Å². The molecule has 0 bridgehead atoms. The van der Waals surface area contributed by atoms with Crippen LogP contribution in [0.4, 0.5) is 17.6 Å². The Kier molecular flexibility index (Phi) is 5.20. The van der Waals surface area contributed by atoms with Gasteiger partial charge in [0.05, 0.1) is 11.7 Å². The largest absolute Gasteiger partial charge is 0.388 e. The molecule has 0 amide bonds. The van der Waals surface area contributed by atoms with Crippen LogP contribution in [0, 0.1) is 0 Å². The SMILES string of the molecule is CC(C)(O)C1CCCCOCC(F)(F)C(F)(F)CO1. The van der Waals surface area contributed by atoms with Gasteiger partial charge in [0.2, 0.25) is 0 Å². The highest BCUT2D eigenvalue weighted by Gasteiger charge is 2.57. The zero-order valence-corrected chi connectivity index (χ0v) is 11.1. The van der Waals surface area contributed by atoms with Gasteiger partial charge < -0.3 is 14.6 Å². The second-order valence-electron chi connectivity index (χ2n) is 5.41. The highest BCUT2D eigenvalue weighted by Crippen LogP contribution is 2.36. The first kappa shape index (κ1) is 16.7. The van der Waals surface area contributed by atoms with Crippen molar-refractivity contribution in [3.8, 4) is 0 Å². The number of halogens is 4. The van der Waals surface area contributed by atoms with E-state index in [-0.39, 0.29) is 6.61 Å². The lowest BCUT2D eigenvalue weighted by molar-refractivity contribution is -0.261. The minimum atomic E-state index is -4.32. The zero-order chi connectivity index (χ0) is 14.7. The van der Waals surface area contributed by atoms with Gasteiger partial charge in [-0.25, -0.2) is 0 Å². The normalized spacial score (nSPS) is 29.5. The van der Waals surface area contributed by atoms with Crippen molar-refractivity contribution in [3.63, 3.8) is 0 Å². The molecule has 0 aromatic rings. The van der Waals surface area contributed by atoms with E-state index in [2.05, 4.69) is 4.74 Å². The molecule has 0 saturated carbocycles. The van der Waals surface area contributed by atoms with E-state index in [1.807, 2.05) is 0 Å². The molecule has 0 aromatic carbocycles. The Labute approximate surface area is 109 Å². The summed E-state index contributed by atoms with van der Waals surface area (Å²) in [6, 6.07) is 0. The van der Waals surface area contributed by atoms with E-state index < -0.39 is 36.8 Å². The average molecular weight is 288 g/mol. The first-order chi connectivity index (χ1) is 8.56. The van der Waals surface area contributed by atoms with Crippen LogP contribution in [0.15, 0.2) is 0 Å². The molecule has 1 aliphatic heterocycles. The fourth-order valence-corrected chi connectivity index (χ4v) is 1.79. The molecule has 0 spiro atoms. The lowest BCUT2D eigenvalue weighted by Gasteiger charge is -2.32. The van der Waals surface area contributed by atoms with E-state index in [1.54, 1.807) is 0 Å². The molecule has 1 heterocycles. The molecule has 0 radical (unpaired) electrons. The summed E-state index contributed by atoms with van der Waals surface area (Å²) in [6.07, 6.45) is 0.407. The fourth-order valence-electron chi connectivity index (χ4n) is 1.79. The summed E-state index contributed by atoms with van der Waals surface area (Å²) in [7, 11) is 0. The fraction of sp³-hybridized carbons (Fsp3) is 1.00. The van der Waals surface area contributed by atoms with Gasteiger partial charge in [0.15, 0.2) is 0 Å². The van der Waals surface area contributed by atoms with Gasteiger partial charge >= 0.3 is 11.8 Å². The van der Waals surface area contributed by atoms with Crippen molar-refractivity contribution in [2.24, 2.45) is 0 Å². The van der Waals surface area contributed by atoms with Crippen molar-refractivity contribution < 1.29 is 32.1 Å². The molecule has 0 aromatic heterocycles. The van der Waals surface area contributed by atoms with E-state index in [9.17, 15) is 22.7 Å². The van der Waals surface area contributed by atoms with Crippen LogP contribution in [0.3, 0.4) is 0 Å². The maximum Gasteiger partial charge on any atom is 0.335 e. The van der Waals surface area contributed by atoms with Crippen LogP contribution in [0.25, 0.3) is 0 Å². The Morgan fingerprint density at radius 1 is 1.05 bits per heavy atom. The Hall–Kier alpha value is -0.400. The summed E-state index contributed by atoms with van der Waals surface area (Å²) in [5.41, 5.74) is -1.36. The first-order valence-corrected chi connectivity index (χ1v) is 6.24. The van der Waals surface area contributed by atoms with Crippen molar-refractivity contribution in [2.75, 3.05) is 19.8 Å². The minimum absolute atomic E-state index is 0.00968. The van der Waals surface area contributed by atoms with Crippen LogP contribution < -0.4 is 0 Å². The van der Waals surface area contributed by atoms with Gasteiger partial charge in [-0.2, -0.15) is 17.6 Å². The molecule has 3 nitrogen and oxygen atoms in total. The average Bonchev–Trinajstić information content (AvgIpc) is 2.25. The van der Waals surface area contributed by atoms with Crippen LogP contribution in [0.1, 0.15) is 33.1 Å². The highest BCUT2D eigenvalue weighted by molar-refractivity contribution is 4.87. The third-order valence-electron chi connectivity index (χ3n) is 3.08. The van der Waals surface area contributed by atoms with E-state index in [0.29, 0.717) is 19.3 Å². The maximum absolute atomic E-state index is 13.4. The van der Waals surface area contributed by atoms with E-state index >= 15 is 0 Å². The molecule has 7 heteroatoms. The molecule has 0 aliphatic carbocycles. The molecule has 19 heavy (non-hydrogen) atoms. The molecular weight excluding hydrogens is 268 g/mol. The van der Waals surface area contributed by atoms with Gasteiger partial charge in [-0.15, -0.1) is 0 Å². The Morgan fingerprint density at radius 2 is 1.63 bits per heavy atom. The predicted octanol–water partition coefficient (Wildman–Crippen LogP) is 2.61. The summed E-state index contributed by atoms with van der Waals surface area (Å²) in [5.74, 6) is -8.59. The second kappa shape index (κ2) is 5.93. The van der Waals surface area contributed by atoms with Gasteiger partial charge in [-0.05, 0) is 33.1 Å². The zero-order valence-electron chi connectivity index (χ0n) is 11.1. The molecule has 1 unspecified atom stereocenters. The standard InChI is InChI=1S/C12H20F4O3/c1-10(2,17)9-5-3-4-6-18-7-11(13,14)12(15,16)8-19-9/h9,17H,3-8H2,1-2H3. The van der Waals surface area contributed by atoms with Gasteiger partial charge in [-0.3, -0.25) is 0 Å². The monoisotopic (exact) mass is 288 g/mol. The van der Waals surface area contributed by atoms with Crippen molar-refractivity contribution >= 4 is 0 Å². The number of rotatable bonds is 1. The van der Waals surface area contributed by atoms with Crippen LogP contribution in [0.5, 0.6) is 0 Å². The van der Waals surface area contributed by atoms with E-state index in [4.69, 9.17) is 4.74 Å². The molecule has 1 atom stereocenters. The molecule has 1 N–H and O–H groups in total. The number of aliphatic hydroxyl groups is 1. The van der Waals surface area contributed by atoms with Crippen molar-refractivity contribution in [3.05, 3.63) is 0 Å². The highest BCUT2D eigenvalue weighted by atomic mass is 19.3. The van der Waals surface area contributed by atoms with Crippen LogP contribution in [-0.4, -0.2) is 48.5 Å². The maximum atomic E-state index is 13.4. The van der Waals surface area contributed by atoms with Crippen molar-refractivity contribution in [2.45, 2.75) is 56.7 Å². The lowest BCUT2D eigenvalue weighted by Crippen LogP contribution is -2.49. The van der Waals surface area contributed by atoms with Crippen LogP contribution in [0.2, 0.25) is 0 Å². The predicted molar refractivity (Wildman–Crippen MR) is 60.6 cm³/mol. The third-order valence-corrected chi connectivity index (χ3v) is 3.08. The Bertz CT molecular complexity index is 289. The molecule has 1 aliphatic rings. The lowest BCUT2D eigenvalue weighted by atomic mass is 9.96. The first-order valence-electron chi connectivity index (χ1n) is 6.24. The summed E-state index contributed by atoms with van der Waals surface area (Å²) >= 11 is 0. The van der Waals surface area contributed by atoms with Gasteiger partial charge in [-0.1, -0.05) is 0 Å². The van der Waals surface area contributed by atoms with Gasteiger partial charge in [0.1, 0.15) is 13.2 Å². The Balaban J connectivity index is 2.81. The number of hydrogen-bond donors (Lipinski definition) is 1. The summed E-state index contributed by atoms with van der Waals surface area (Å²) in [4.78, 5) is 0. The van der Waals surface area contributed by atoms with Crippen LogP contribution >= 0.6 is 0 Å². The third kappa shape index (κ3) is 4.57. The minimum Gasteiger partial charge on any atom is -0.388 e. The van der Waals surface area contributed by atoms with E-state index in [0.717, 1.165) is 0 Å².